The van der Waals surface area contributed by atoms with Crippen LogP contribution in [0.25, 0.3) is 0 Å². The number of anilines is 2. The molecule has 0 fully saturated rings. The van der Waals surface area contributed by atoms with Gasteiger partial charge in [0, 0.05) is 38.7 Å². The van der Waals surface area contributed by atoms with Crippen molar-refractivity contribution in [3.8, 4) is 0 Å². The third-order valence-electron chi connectivity index (χ3n) is 2.76. The molecule has 0 radical (unpaired) electrons. The Bertz CT molecular complexity index is 570. The lowest BCUT2D eigenvalue weighted by atomic mass is 10.2. The van der Waals surface area contributed by atoms with Crippen LogP contribution >= 0.6 is 0 Å². The fourth-order valence-corrected chi connectivity index (χ4v) is 1.61. The molecule has 3 N–H and O–H groups in total. The van der Waals surface area contributed by atoms with Gasteiger partial charge in [0.25, 0.3) is 0 Å². The molecule has 0 aliphatic carbocycles. The van der Waals surface area contributed by atoms with E-state index in [-0.39, 0.29) is 6.03 Å². The van der Waals surface area contributed by atoms with Gasteiger partial charge in [-0.05, 0) is 23.8 Å². The third kappa shape index (κ3) is 4.64. The maximum Gasteiger partial charge on any atom is 0.333 e. The van der Waals surface area contributed by atoms with Gasteiger partial charge in [-0.3, -0.25) is 5.43 Å². The molecule has 7 nitrogen and oxygen atoms in total. The quantitative estimate of drug-likeness (QED) is 0.723. The number of carbonyl (C=O) groups is 1. The number of hydrogen-bond donors (Lipinski definition) is 3. The molecule has 0 bridgehead atoms. The third-order valence-corrected chi connectivity index (χ3v) is 2.76. The monoisotopic (exact) mass is 286 g/mol. The lowest BCUT2D eigenvalue weighted by Gasteiger charge is -2.13. The molecule has 1 aromatic carbocycles. The van der Waals surface area contributed by atoms with E-state index in [1.807, 2.05) is 43.3 Å². The fraction of sp³-hybridized carbons (Fsp3) is 0.214. The van der Waals surface area contributed by atoms with E-state index in [9.17, 15) is 4.79 Å². The van der Waals surface area contributed by atoms with Crippen LogP contribution in [-0.4, -0.2) is 30.1 Å². The molecular weight excluding hydrogens is 268 g/mol. The normalized spacial score (nSPS) is 9.81. The summed E-state index contributed by atoms with van der Waals surface area (Å²) in [4.78, 5) is 21.5. The molecule has 0 unspecified atom stereocenters. The van der Waals surface area contributed by atoms with Gasteiger partial charge in [-0.25, -0.2) is 20.2 Å². The van der Waals surface area contributed by atoms with Gasteiger partial charge in [0.05, 0.1) is 0 Å². The smallest absolute Gasteiger partial charge is 0.333 e. The molecule has 0 saturated carbocycles. The number of amides is 2. The van der Waals surface area contributed by atoms with E-state index in [1.165, 1.54) is 0 Å². The Morgan fingerprint density at radius 1 is 1.14 bits per heavy atom. The summed E-state index contributed by atoms with van der Waals surface area (Å²) in [5.74, 6) is 0.336. The predicted octanol–water partition coefficient (Wildman–Crippen LogP) is 1.37. The van der Waals surface area contributed by atoms with Gasteiger partial charge in [-0.2, -0.15) is 0 Å². The topological polar surface area (TPSA) is 82.2 Å². The Morgan fingerprint density at radius 3 is 2.43 bits per heavy atom. The highest BCUT2D eigenvalue weighted by molar-refractivity contribution is 5.74. The minimum Gasteiger partial charge on any atom is -0.378 e. The Labute approximate surface area is 123 Å². The summed E-state index contributed by atoms with van der Waals surface area (Å²) in [6.07, 6.45) is 3.17. The first-order chi connectivity index (χ1) is 10.1. The van der Waals surface area contributed by atoms with Crippen molar-refractivity contribution in [1.82, 2.24) is 20.7 Å². The Morgan fingerprint density at radius 2 is 1.81 bits per heavy atom. The van der Waals surface area contributed by atoms with E-state index in [4.69, 9.17) is 0 Å². The van der Waals surface area contributed by atoms with Crippen LogP contribution in [0.1, 0.15) is 5.56 Å². The van der Waals surface area contributed by atoms with E-state index in [2.05, 4.69) is 26.1 Å². The van der Waals surface area contributed by atoms with Crippen molar-refractivity contribution in [2.24, 2.45) is 0 Å². The fourth-order valence-electron chi connectivity index (χ4n) is 1.61. The zero-order valence-electron chi connectivity index (χ0n) is 12.0. The lowest BCUT2D eigenvalue weighted by molar-refractivity contribution is 0.242. The van der Waals surface area contributed by atoms with Gasteiger partial charge in [0.15, 0.2) is 0 Å². The summed E-state index contributed by atoms with van der Waals surface area (Å²) in [6.45, 7) is 0.441. The van der Waals surface area contributed by atoms with Crippen LogP contribution in [-0.2, 0) is 6.54 Å². The van der Waals surface area contributed by atoms with Crippen molar-refractivity contribution in [3.63, 3.8) is 0 Å². The van der Waals surface area contributed by atoms with Gasteiger partial charge in [0.1, 0.15) is 0 Å². The highest BCUT2D eigenvalue weighted by Gasteiger charge is 2.01. The lowest BCUT2D eigenvalue weighted by Crippen LogP contribution is -2.39. The highest BCUT2D eigenvalue weighted by Crippen LogP contribution is 2.11. The highest BCUT2D eigenvalue weighted by atomic mass is 16.2. The second kappa shape index (κ2) is 7.09. The second-order valence-electron chi connectivity index (χ2n) is 4.57. The molecule has 2 aromatic rings. The SMILES string of the molecule is CN(C)c1ccc(CNC(=O)NNc2ncccn2)cc1. The summed E-state index contributed by atoms with van der Waals surface area (Å²) in [5.41, 5.74) is 7.22. The first-order valence-corrected chi connectivity index (χ1v) is 6.48. The number of hydrogen-bond acceptors (Lipinski definition) is 5. The van der Waals surface area contributed by atoms with Crippen LogP contribution in [0.2, 0.25) is 0 Å². The van der Waals surface area contributed by atoms with E-state index < -0.39 is 0 Å². The van der Waals surface area contributed by atoms with Crippen LogP contribution in [0, 0.1) is 0 Å². The summed E-state index contributed by atoms with van der Waals surface area (Å²) < 4.78 is 0. The van der Waals surface area contributed by atoms with E-state index in [0.717, 1.165) is 11.3 Å². The molecule has 0 saturated heterocycles. The molecule has 0 aliphatic heterocycles. The Kier molecular flexibility index (Phi) is 4.92. The summed E-state index contributed by atoms with van der Waals surface area (Å²) >= 11 is 0. The van der Waals surface area contributed by atoms with Crippen LogP contribution < -0.4 is 21.1 Å². The van der Waals surface area contributed by atoms with Crippen molar-refractivity contribution < 1.29 is 4.79 Å². The first kappa shape index (κ1) is 14.6. The minimum atomic E-state index is -0.348. The minimum absolute atomic E-state index is 0.336. The van der Waals surface area contributed by atoms with Crippen molar-refractivity contribution in [3.05, 3.63) is 48.3 Å². The second-order valence-corrected chi connectivity index (χ2v) is 4.57. The van der Waals surface area contributed by atoms with Crippen LogP contribution in [0.4, 0.5) is 16.4 Å². The zero-order valence-corrected chi connectivity index (χ0v) is 12.0. The molecule has 0 atom stereocenters. The number of nitrogens with zero attached hydrogens (tertiary/aromatic N) is 3. The van der Waals surface area contributed by atoms with Gasteiger partial charge in [0.2, 0.25) is 5.95 Å². The number of carbonyl (C=O) groups excluding carboxylic acids is 1. The van der Waals surface area contributed by atoms with Crippen molar-refractivity contribution in [2.45, 2.75) is 6.54 Å². The maximum atomic E-state index is 11.6. The summed E-state index contributed by atoms with van der Waals surface area (Å²) in [5, 5.41) is 2.74. The van der Waals surface area contributed by atoms with Crippen LogP contribution in [0.15, 0.2) is 42.7 Å². The Hall–Kier alpha value is -2.83. The number of rotatable bonds is 5. The summed E-state index contributed by atoms with van der Waals surface area (Å²) in [6, 6.07) is 9.31. The number of hydrazine groups is 1. The molecule has 2 amide bonds. The molecule has 1 heterocycles. The first-order valence-electron chi connectivity index (χ1n) is 6.48. The predicted molar refractivity (Wildman–Crippen MR) is 81.8 cm³/mol. The van der Waals surface area contributed by atoms with Crippen molar-refractivity contribution >= 4 is 17.7 Å². The number of nitrogens with one attached hydrogen (secondary N) is 3. The van der Waals surface area contributed by atoms with Crippen molar-refractivity contribution in [2.75, 3.05) is 24.4 Å². The van der Waals surface area contributed by atoms with Gasteiger partial charge >= 0.3 is 6.03 Å². The van der Waals surface area contributed by atoms with Gasteiger partial charge < -0.3 is 10.2 Å². The molecule has 0 aliphatic rings. The van der Waals surface area contributed by atoms with Crippen LogP contribution in [0.5, 0.6) is 0 Å². The van der Waals surface area contributed by atoms with E-state index >= 15 is 0 Å². The molecular formula is C14H18N6O. The summed E-state index contributed by atoms with van der Waals surface area (Å²) in [7, 11) is 3.97. The molecule has 0 spiro atoms. The molecule has 21 heavy (non-hydrogen) atoms. The van der Waals surface area contributed by atoms with Gasteiger partial charge in [-0.1, -0.05) is 12.1 Å². The van der Waals surface area contributed by atoms with E-state index in [1.54, 1.807) is 18.5 Å². The largest absolute Gasteiger partial charge is 0.378 e. The molecule has 2 rings (SSSR count). The van der Waals surface area contributed by atoms with Crippen LogP contribution in [0.3, 0.4) is 0 Å². The number of benzene rings is 1. The van der Waals surface area contributed by atoms with Crippen molar-refractivity contribution in [1.29, 1.82) is 0 Å². The maximum absolute atomic E-state index is 11.6. The number of urea groups is 1. The zero-order chi connectivity index (χ0) is 15.1. The Balaban J connectivity index is 1.76. The molecule has 7 heteroatoms. The molecule has 110 valence electrons. The van der Waals surface area contributed by atoms with E-state index in [0.29, 0.717) is 12.5 Å². The van der Waals surface area contributed by atoms with Gasteiger partial charge in [-0.15, -0.1) is 0 Å². The number of aromatic nitrogens is 2. The average molecular weight is 286 g/mol. The average Bonchev–Trinajstić information content (AvgIpc) is 2.52. The standard InChI is InChI=1S/C14H18N6O/c1-20(2)12-6-4-11(5-7-12)10-17-14(21)19-18-13-15-8-3-9-16-13/h3-9H,10H2,1-2H3,(H,15,16,18)(H2,17,19,21). The molecule has 1 aromatic heterocycles.